The maximum absolute atomic E-state index is 14.7. The van der Waals surface area contributed by atoms with Crippen LogP contribution in [0, 0.1) is 5.41 Å². The maximum Gasteiger partial charge on any atom is 0.573 e. The van der Waals surface area contributed by atoms with Crippen LogP contribution in [0.2, 0.25) is 0 Å². The van der Waals surface area contributed by atoms with E-state index in [9.17, 15) is 33.3 Å². The number of ketones is 1. The number of fused-ring (bicyclic) bond motifs is 8. The molecule has 0 spiro atoms. The van der Waals surface area contributed by atoms with Crippen molar-refractivity contribution in [1.82, 2.24) is 4.90 Å². The second kappa shape index (κ2) is 20.2. The molecule has 63 heavy (non-hydrogen) atoms. The van der Waals surface area contributed by atoms with Gasteiger partial charge in [-0.05, 0) is 109 Å². The molecule has 0 heterocycles. The average molecular weight is 862 g/mol. The van der Waals surface area contributed by atoms with Gasteiger partial charge in [0.15, 0.2) is 5.78 Å². The number of alkyl halides is 3. The molecule has 1 saturated carbocycles. The van der Waals surface area contributed by atoms with Crippen LogP contribution in [-0.4, -0.2) is 69.9 Å². The highest BCUT2D eigenvalue weighted by molar-refractivity contribution is 6.10. The third kappa shape index (κ3) is 11.7. The van der Waals surface area contributed by atoms with E-state index in [0.717, 1.165) is 33.4 Å². The van der Waals surface area contributed by atoms with Gasteiger partial charge in [0, 0.05) is 36.2 Å². The first kappa shape index (κ1) is 45.9. The Morgan fingerprint density at radius 2 is 1.54 bits per heavy atom. The lowest BCUT2D eigenvalue weighted by Crippen LogP contribution is -2.53. The minimum Gasteiger partial charge on any atom is -0.406 e. The van der Waals surface area contributed by atoms with Gasteiger partial charge in [0.25, 0.3) is 0 Å². The lowest BCUT2D eigenvalue weighted by atomic mass is 9.64. The van der Waals surface area contributed by atoms with Crippen LogP contribution in [0.1, 0.15) is 96.5 Å². The summed E-state index contributed by atoms with van der Waals surface area (Å²) < 4.78 is 49.1. The van der Waals surface area contributed by atoms with Crippen LogP contribution in [0.3, 0.4) is 0 Å². The molecule has 332 valence electrons. The fourth-order valence-corrected chi connectivity index (χ4v) is 9.64. The SMILES string of the molecule is CC1=CCCC2(C)C(CCC2(O)CN(Cc2ccc(OC(F)(F)F)cc2)CC(O)COCc2ccccc2)c2ccc(cc2C(=O)c2ccc(-c3ccccc3)cc2)CC(O)CC1. The van der Waals surface area contributed by atoms with Gasteiger partial charge in [-0.2, -0.15) is 0 Å². The fourth-order valence-electron chi connectivity index (χ4n) is 9.64. The van der Waals surface area contributed by atoms with Crippen LogP contribution < -0.4 is 4.74 Å². The van der Waals surface area contributed by atoms with Crippen molar-refractivity contribution in [2.45, 2.75) is 102 Å². The van der Waals surface area contributed by atoms with Crippen LogP contribution in [0.5, 0.6) is 5.75 Å². The van der Waals surface area contributed by atoms with Crippen molar-refractivity contribution in [2.75, 3.05) is 19.7 Å². The molecule has 3 N–H and O–H groups in total. The number of hydrogen-bond acceptors (Lipinski definition) is 7. The fraction of sp³-hybridized carbons (Fsp3) is 0.377. The summed E-state index contributed by atoms with van der Waals surface area (Å²) >= 11 is 0. The molecule has 2 bridgehead atoms. The Labute approximate surface area is 368 Å². The summed E-state index contributed by atoms with van der Waals surface area (Å²) in [6.45, 7) is 5.02. The van der Waals surface area contributed by atoms with E-state index in [1.165, 1.54) is 12.1 Å². The number of nitrogens with zero attached hydrogens (tertiary/aromatic N) is 1. The second-order valence-corrected chi connectivity index (χ2v) is 17.7. The topological polar surface area (TPSA) is 99.5 Å². The van der Waals surface area contributed by atoms with E-state index in [1.807, 2.05) is 108 Å². The Balaban J connectivity index is 1.21. The summed E-state index contributed by atoms with van der Waals surface area (Å²) in [7, 11) is 0. The summed E-state index contributed by atoms with van der Waals surface area (Å²) in [4.78, 5) is 16.7. The van der Waals surface area contributed by atoms with Gasteiger partial charge in [-0.1, -0.05) is 128 Å². The Hall–Kier alpha value is -5.10. The molecule has 3 aliphatic carbocycles. The van der Waals surface area contributed by atoms with E-state index in [2.05, 4.69) is 24.7 Å². The van der Waals surface area contributed by atoms with E-state index in [-0.39, 0.29) is 43.7 Å². The number of carbonyl (C=O) groups is 1. The van der Waals surface area contributed by atoms with E-state index in [4.69, 9.17) is 4.74 Å². The van der Waals surface area contributed by atoms with Crippen LogP contribution in [0.15, 0.2) is 139 Å². The van der Waals surface area contributed by atoms with Crippen molar-refractivity contribution in [2.24, 2.45) is 5.41 Å². The molecule has 0 radical (unpaired) electrons. The number of aliphatic hydroxyl groups is 3. The first-order valence-electron chi connectivity index (χ1n) is 21.9. The van der Waals surface area contributed by atoms with Gasteiger partial charge in [-0.3, -0.25) is 9.69 Å². The number of halogens is 3. The van der Waals surface area contributed by atoms with Gasteiger partial charge in [0.05, 0.1) is 31.0 Å². The zero-order chi connectivity index (χ0) is 44.6. The molecule has 0 aliphatic heterocycles. The van der Waals surface area contributed by atoms with Crippen LogP contribution >= 0.6 is 0 Å². The number of benzene rings is 5. The second-order valence-electron chi connectivity index (χ2n) is 17.7. The number of aliphatic hydroxyl groups excluding tert-OH is 2. The van der Waals surface area contributed by atoms with Crippen LogP contribution in [0.25, 0.3) is 11.1 Å². The lowest BCUT2D eigenvalue weighted by molar-refractivity contribution is -0.274. The van der Waals surface area contributed by atoms with Crippen molar-refractivity contribution in [3.8, 4) is 16.9 Å². The number of rotatable bonds is 14. The van der Waals surface area contributed by atoms with Gasteiger partial charge in [-0.15, -0.1) is 13.2 Å². The Kier molecular flexibility index (Phi) is 14.7. The molecule has 5 aromatic carbocycles. The molecule has 8 rings (SSSR count). The highest BCUT2D eigenvalue weighted by Gasteiger charge is 2.57. The first-order valence-corrected chi connectivity index (χ1v) is 21.9. The zero-order valence-corrected chi connectivity index (χ0v) is 36.1. The lowest BCUT2D eigenvalue weighted by Gasteiger charge is -2.46. The predicted molar refractivity (Wildman–Crippen MR) is 239 cm³/mol. The Bertz CT molecular complexity index is 2300. The number of ether oxygens (including phenoxy) is 2. The normalized spacial score (nSPS) is 22.3. The maximum atomic E-state index is 14.7. The Morgan fingerprint density at radius 1 is 0.857 bits per heavy atom. The van der Waals surface area contributed by atoms with E-state index in [1.54, 1.807) is 12.1 Å². The van der Waals surface area contributed by atoms with Crippen molar-refractivity contribution in [1.29, 1.82) is 0 Å². The molecule has 5 aromatic rings. The van der Waals surface area contributed by atoms with Gasteiger partial charge in [-0.25, -0.2) is 0 Å². The third-order valence-electron chi connectivity index (χ3n) is 13.1. The number of carbonyl (C=O) groups excluding carboxylic acids is 1. The first-order chi connectivity index (χ1) is 30.2. The molecule has 3 aliphatic rings. The van der Waals surface area contributed by atoms with Crippen molar-refractivity contribution < 1.29 is 42.8 Å². The van der Waals surface area contributed by atoms with Crippen molar-refractivity contribution in [3.05, 3.63) is 172 Å². The summed E-state index contributed by atoms with van der Waals surface area (Å²) in [5, 5.41) is 35.7. The molecule has 0 amide bonds. The van der Waals surface area contributed by atoms with E-state index in [0.29, 0.717) is 68.2 Å². The molecule has 0 saturated heterocycles. The van der Waals surface area contributed by atoms with Crippen molar-refractivity contribution >= 4 is 5.78 Å². The summed E-state index contributed by atoms with van der Waals surface area (Å²) in [6, 6.07) is 38.9. The minimum atomic E-state index is -4.83. The van der Waals surface area contributed by atoms with E-state index >= 15 is 0 Å². The highest BCUT2D eigenvalue weighted by Crippen LogP contribution is 2.59. The average Bonchev–Trinajstić information content (AvgIpc) is 3.51. The summed E-state index contributed by atoms with van der Waals surface area (Å²) in [6.07, 6.45) is -0.195. The molecule has 5 unspecified atom stereocenters. The highest BCUT2D eigenvalue weighted by atomic mass is 19.4. The summed E-state index contributed by atoms with van der Waals surface area (Å²) in [5.74, 6) is -0.696. The molecule has 7 nitrogen and oxygen atoms in total. The molecular weight excluding hydrogens is 804 g/mol. The van der Waals surface area contributed by atoms with Gasteiger partial charge < -0.3 is 24.8 Å². The number of hydrogen-bond donors (Lipinski definition) is 3. The molecular formula is C53H58F3NO6. The quantitative estimate of drug-likeness (QED) is 0.0755. The largest absolute Gasteiger partial charge is 0.573 e. The van der Waals surface area contributed by atoms with Crippen molar-refractivity contribution in [3.63, 3.8) is 0 Å². The minimum absolute atomic E-state index is 0.0327. The Morgan fingerprint density at radius 3 is 2.24 bits per heavy atom. The molecule has 1 fully saturated rings. The van der Waals surface area contributed by atoms with Gasteiger partial charge in [0.2, 0.25) is 0 Å². The van der Waals surface area contributed by atoms with Crippen LogP contribution in [0.4, 0.5) is 13.2 Å². The molecule has 0 aromatic heterocycles. The monoisotopic (exact) mass is 861 g/mol. The number of allylic oxidation sites excluding steroid dienone is 2. The molecule has 10 heteroatoms. The van der Waals surface area contributed by atoms with Crippen LogP contribution in [-0.2, 0) is 24.3 Å². The third-order valence-corrected chi connectivity index (χ3v) is 13.1. The summed E-state index contributed by atoms with van der Waals surface area (Å²) in [5.41, 5.74) is 5.59. The standard InChI is InChI=1S/C53H58F3NO6/c1-37-10-9-28-51(2)49(47-26-18-40(30-44(58)23-15-37)31-48(47)50(60)43-21-19-42(20-22-43)41-13-7-4-8-14-41)27-29-52(51,61)36-57(32-38-16-24-46(25-17-38)63-53(54,55)56)33-45(59)35-62-34-39-11-5-3-6-12-39/h3-8,10-14,16-22,24-26,31,44-45,49,58-59,61H,9,15,23,27-30,32-36H2,1-2H3. The smallest absolute Gasteiger partial charge is 0.406 e. The van der Waals surface area contributed by atoms with Gasteiger partial charge >= 0.3 is 6.36 Å². The molecule has 5 atom stereocenters. The van der Waals surface area contributed by atoms with E-state index < -0.39 is 29.6 Å². The zero-order valence-electron chi connectivity index (χ0n) is 36.1. The van der Waals surface area contributed by atoms with Gasteiger partial charge in [0.1, 0.15) is 5.75 Å². The predicted octanol–water partition coefficient (Wildman–Crippen LogP) is 10.6.